The zero-order chi connectivity index (χ0) is 10.4. The van der Waals surface area contributed by atoms with Crippen LogP contribution in [-0.4, -0.2) is 14.8 Å². The lowest BCUT2D eigenvalue weighted by atomic mass is 10.1. The van der Waals surface area contributed by atoms with Crippen LogP contribution in [0.3, 0.4) is 0 Å². The molecule has 76 valence electrons. The van der Waals surface area contributed by atoms with E-state index in [1.54, 1.807) is 11.8 Å². The topological polar surface area (TPSA) is 30.7 Å². The minimum absolute atomic E-state index is 0.960. The van der Waals surface area contributed by atoms with E-state index in [2.05, 4.69) is 39.9 Å². The number of fused-ring (bicyclic) bond motifs is 3. The number of nitrogens with zero attached hydrogens (tertiary/aromatic N) is 3. The lowest BCUT2D eigenvalue weighted by Crippen LogP contribution is -2.07. The highest BCUT2D eigenvalue weighted by Gasteiger charge is 2.19. The van der Waals surface area contributed by atoms with Crippen LogP contribution in [0.5, 0.6) is 0 Å². The molecule has 3 nitrogen and oxygen atoms in total. The molecule has 0 saturated carbocycles. The molecule has 0 unspecified atom stereocenters. The molecule has 2 aromatic rings. The van der Waals surface area contributed by atoms with Gasteiger partial charge in [-0.05, 0) is 25.5 Å². The second-order valence-electron chi connectivity index (χ2n) is 3.79. The van der Waals surface area contributed by atoms with Gasteiger partial charge in [0.05, 0.1) is 5.69 Å². The predicted molar refractivity (Wildman–Crippen MR) is 60.4 cm³/mol. The van der Waals surface area contributed by atoms with E-state index in [1.807, 2.05) is 6.92 Å². The Morgan fingerprint density at radius 2 is 2.13 bits per heavy atom. The van der Waals surface area contributed by atoms with Gasteiger partial charge in [-0.3, -0.25) is 4.57 Å². The van der Waals surface area contributed by atoms with Gasteiger partial charge < -0.3 is 0 Å². The van der Waals surface area contributed by atoms with Crippen molar-refractivity contribution in [3.05, 3.63) is 35.2 Å². The van der Waals surface area contributed by atoms with Crippen molar-refractivity contribution in [3.8, 4) is 5.69 Å². The molecule has 0 spiro atoms. The van der Waals surface area contributed by atoms with E-state index in [-0.39, 0.29) is 0 Å². The molecule has 0 fully saturated rings. The van der Waals surface area contributed by atoms with Crippen molar-refractivity contribution in [3.63, 3.8) is 0 Å². The molecule has 0 aliphatic carbocycles. The first-order valence-corrected chi connectivity index (χ1v) is 5.89. The molecule has 4 heteroatoms. The average Bonchev–Trinajstić information content (AvgIpc) is 2.60. The monoisotopic (exact) mass is 217 g/mol. The highest BCUT2D eigenvalue weighted by Crippen LogP contribution is 2.33. The summed E-state index contributed by atoms with van der Waals surface area (Å²) in [5.41, 5.74) is 3.91. The summed E-state index contributed by atoms with van der Waals surface area (Å²) in [6, 6.07) is 6.53. The summed E-state index contributed by atoms with van der Waals surface area (Å²) in [6.07, 6.45) is 0. The van der Waals surface area contributed by atoms with Gasteiger partial charge in [-0.25, -0.2) is 0 Å². The Morgan fingerprint density at radius 1 is 1.27 bits per heavy atom. The van der Waals surface area contributed by atoms with Crippen LogP contribution in [0.1, 0.15) is 17.0 Å². The maximum atomic E-state index is 4.15. The summed E-state index contributed by atoms with van der Waals surface area (Å²) in [4.78, 5) is 0. The Hall–Kier alpha value is -1.29. The molecule has 3 rings (SSSR count). The first-order valence-electron chi connectivity index (χ1n) is 4.90. The lowest BCUT2D eigenvalue weighted by molar-refractivity contribution is 0.846. The number of aryl methyl sites for hydroxylation is 2. The zero-order valence-electron chi connectivity index (χ0n) is 8.69. The molecule has 1 aliphatic heterocycles. The van der Waals surface area contributed by atoms with Gasteiger partial charge in [-0.15, -0.1) is 10.2 Å². The van der Waals surface area contributed by atoms with Crippen LogP contribution in [-0.2, 0) is 5.75 Å². The quantitative estimate of drug-likeness (QED) is 0.679. The Bertz CT molecular complexity index is 531. The molecule has 1 aliphatic rings. The lowest BCUT2D eigenvalue weighted by Gasteiger charge is -2.18. The fourth-order valence-electron chi connectivity index (χ4n) is 1.90. The molecule has 2 heterocycles. The molecule has 0 atom stereocenters. The van der Waals surface area contributed by atoms with Gasteiger partial charge in [-0.2, -0.15) is 0 Å². The van der Waals surface area contributed by atoms with Gasteiger partial charge in [0.25, 0.3) is 0 Å². The number of thioether (sulfide) groups is 1. The van der Waals surface area contributed by atoms with Gasteiger partial charge in [0.1, 0.15) is 5.82 Å². The molecule has 15 heavy (non-hydrogen) atoms. The van der Waals surface area contributed by atoms with Crippen LogP contribution >= 0.6 is 11.8 Å². The second-order valence-corrected chi connectivity index (χ2v) is 4.73. The second kappa shape index (κ2) is 3.10. The summed E-state index contributed by atoms with van der Waals surface area (Å²) in [5, 5.41) is 9.27. The van der Waals surface area contributed by atoms with Crippen LogP contribution in [0.15, 0.2) is 23.4 Å². The highest BCUT2D eigenvalue weighted by molar-refractivity contribution is 7.98. The predicted octanol–water partition coefficient (Wildman–Crippen LogP) is 2.49. The third-order valence-electron chi connectivity index (χ3n) is 2.63. The highest BCUT2D eigenvalue weighted by atomic mass is 32.2. The molecule has 0 N–H and O–H groups in total. The summed E-state index contributed by atoms with van der Waals surface area (Å²) >= 11 is 1.75. The third kappa shape index (κ3) is 1.28. The van der Waals surface area contributed by atoms with Crippen LogP contribution in [0.2, 0.25) is 0 Å². The van der Waals surface area contributed by atoms with Gasteiger partial charge in [-0.1, -0.05) is 29.5 Å². The number of rotatable bonds is 0. The zero-order valence-corrected chi connectivity index (χ0v) is 9.51. The summed E-state index contributed by atoms with van der Waals surface area (Å²) in [7, 11) is 0. The molecule has 1 aromatic carbocycles. The van der Waals surface area contributed by atoms with Crippen LogP contribution in [0.25, 0.3) is 5.69 Å². The van der Waals surface area contributed by atoms with E-state index in [0.717, 1.165) is 16.7 Å². The van der Waals surface area contributed by atoms with Crippen LogP contribution in [0, 0.1) is 13.8 Å². The number of benzene rings is 1. The van der Waals surface area contributed by atoms with Crippen molar-refractivity contribution in [1.82, 2.24) is 14.8 Å². The Kier molecular flexibility index (Phi) is 1.85. The average molecular weight is 217 g/mol. The molecule has 0 bridgehead atoms. The normalized spacial score (nSPS) is 13.5. The molecular weight excluding hydrogens is 206 g/mol. The summed E-state index contributed by atoms with van der Waals surface area (Å²) in [5.74, 6) is 1.96. The van der Waals surface area contributed by atoms with Crippen molar-refractivity contribution in [1.29, 1.82) is 0 Å². The van der Waals surface area contributed by atoms with Crippen molar-refractivity contribution >= 4 is 11.8 Å². The fourth-order valence-corrected chi connectivity index (χ4v) is 2.88. The first kappa shape index (κ1) is 8.97. The van der Waals surface area contributed by atoms with Crippen LogP contribution in [0.4, 0.5) is 0 Å². The largest absolute Gasteiger partial charge is 0.274 e. The molecule has 1 aromatic heterocycles. The minimum Gasteiger partial charge on any atom is -0.274 e. The van der Waals surface area contributed by atoms with Crippen molar-refractivity contribution in [2.45, 2.75) is 24.8 Å². The Balaban J connectivity index is 2.29. The van der Waals surface area contributed by atoms with Crippen molar-refractivity contribution in [2.75, 3.05) is 0 Å². The molecule has 0 amide bonds. The van der Waals surface area contributed by atoms with Gasteiger partial charge in [0.15, 0.2) is 5.16 Å². The van der Waals surface area contributed by atoms with Gasteiger partial charge >= 0.3 is 0 Å². The standard InChI is InChI=1S/C11H11N3S/c1-7-3-4-10-9(5-7)6-15-11-13-12-8(2)14(10)11/h3-5H,6H2,1-2H3. The maximum absolute atomic E-state index is 4.15. The number of hydrogen-bond donors (Lipinski definition) is 0. The molecule has 0 radical (unpaired) electrons. The first-order chi connectivity index (χ1) is 7.25. The summed E-state index contributed by atoms with van der Waals surface area (Å²) in [6.45, 7) is 4.12. The molecular formula is C11H11N3S. The van der Waals surface area contributed by atoms with E-state index in [9.17, 15) is 0 Å². The SMILES string of the molecule is Cc1ccc2c(c1)CSc1nnc(C)n1-2. The van der Waals surface area contributed by atoms with Gasteiger partial charge in [0.2, 0.25) is 0 Å². The smallest absolute Gasteiger partial charge is 0.196 e. The van der Waals surface area contributed by atoms with Crippen LogP contribution < -0.4 is 0 Å². The van der Waals surface area contributed by atoms with E-state index in [4.69, 9.17) is 0 Å². The number of hydrogen-bond acceptors (Lipinski definition) is 3. The number of aromatic nitrogens is 3. The summed E-state index contributed by atoms with van der Waals surface area (Å²) < 4.78 is 2.13. The van der Waals surface area contributed by atoms with E-state index in [0.29, 0.717) is 0 Å². The van der Waals surface area contributed by atoms with Crippen molar-refractivity contribution < 1.29 is 0 Å². The fraction of sp³-hybridized carbons (Fsp3) is 0.273. The van der Waals surface area contributed by atoms with Gasteiger partial charge in [0, 0.05) is 5.75 Å². The van der Waals surface area contributed by atoms with E-state index in [1.165, 1.54) is 16.8 Å². The Morgan fingerprint density at radius 3 is 3.00 bits per heavy atom. The molecule has 0 saturated heterocycles. The van der Waals surface area contributed by atoms with Crippen molar-refractivity contribution in [2.24, 2.45) is 0 Å². The minimum atomic E-state index is 0.960. The Labute approximate surface area is 92.5 Å². The maximum Gasteiger partial charge on any atom is 0.196 e. The van der Waals surface area contributed by atoms with E-state index < -0.39 is 0 Å². The third-order valence-corrected chi connectivity index (χ3v) is 3.61. The van der Waals surface area contributed by atoms with E-state index >= 15 is 0 Å².